The Balaban J connectivity index is 1.98. The fourth-order valence-corrected chi connectivity index (χ4v) is 2.83. The van der Waals surface area contributed by atoms with Crippen molar-refractivity contribution >= 4 is 28.8 Å². The Morgan fingerprint density at radius 3 is 3.17 bits per heavy atom. The van der Waals surface area contributed by atoms with Crippen molar-refractivity contribution in [3.8, 4) is 0 Å². The van der Waals surface area contributed by atoms with Gasteiger partial charge in [0.1, 0.15) is 11.8 Å². The zero-order chi connectivity index (χ0) is 12.5. The molecule has 0 radical (unpaired) electrons. The van der Waals surface area contributed by atoms with Crippen molar-refractivity contribution in [3.63, 3.8) is 0 Å². The van der Waals surface area contributed by atoms with Crippen LogP contribution in [0.1, 0.15) is 10.9 Å². The van der Waals surface area contributed by atoms with E-state index in [1.54, 1.807) is 12.5 Å². The zero-order valence-electron chi connectivity index (χ0n) is 9.25. The number of aromatic nitrogens is 4. The molecule has 0 aliphatic carbocycles. The lowest BCUT2D eigenvalue weighted by Gasteiger charge is -2.21. The van der Waals surface area contributed by atoms with Gasteiger partial charge in [-0.25, -0.2) is 15.0 Å². The van der Waals surface area contributed by atoms with E-state index in [2.05, 4.69) is 25.3 Å². The van der Waals surface area contributed by atoms with Gasteiger partial charge >= 0.3 is 0 Å². The van der Waals surface area contributed by atoms with E-state index >= 15 is 0 Å². The monoisotopic (exact) mass is 262 g/mol. The number of amides is 1. The zero-order valence-corrected chi connectivity index (χ0v) is 10.1. The SMILES string of the molecule is NC(=O)C1=CNCC(c2ncnc3[nH]cnc23)S1. The first kappa shape index (κ1) is 11.0. The smallest absolute Gasteiger partial charge is 0.256 e. The standard InChI is InChI=1S/C10H10N6OS/c11-9(17)6-2-12-1-5(18-6)7-8-10(15-3-13-7)16-4-14-8/h2-5,12H,1H2,(H2,11,17)(H,13,14,15,16). The van der Waals surface area contributed by atoms with E-state index in [0.717, 1.165) is 11.2 Å². The summed E-state index contributed by atoms with van der Waals surface area (Å²) in [7, 11) is 0. The van der Waals surface area contributed by atoms with E-state index < -0.39 is 5.91 Å². The molecule has 1 atom stereocenters. The van der Waals surface area contributed by atoms with Gasteiger partial charge in [-0.1, -0.05) is 0 Å². The number of nitrogens with zero attached hydrogens (tertiary/aromatic N) is 3. The van der Waals surface area contributed by atoms with Gasteiger partial charge < -0.3 is 16.0 Å². The van der Waals surface area contributed by atoms with Gasteiger partial charge in [0.2, 0.25) is 0 Å². The van der Waals surface area contributed by atoms with Crippen molar-refractivity contribution in [2.45, 2.75) is 5.25 Å². The molecule has 2 aromatic heterocycles. The summed E-state index contributed by atoms with van der Waals surface area (Å²) < 4.78 is 0. The molecule has 1 aliphatic rings. The number of rotatable bonds is 2. The van der Waals surface area contributed by atoms with E-state index in [1.807, 2.05) is 0 Å². The maximum Gasteiger partial charge on any atom is 0.256 e. The maximum atomic E-state index is 11.2. The number of hydrogen-bond donors (Lipinski definition) is 3. The van der Waals surface area contributed by atoms with Crippen LogP contribution in [0.2, 0.25) is 0 Å². The minimum Gasteiger partial charge on any atom is -0.388 e. The van der Waals surface area contributed by atoms with E-state index in [-0.39, 0.29) is 5.25 Å². The summed E-state index contributed by atoms with van der Waals surface area (Å²) in [4.78, 5) is 27.2. The van der Waals surface area contributed by atoms with Crippen molar-refractivity contribution in [1.82, 2.24) is 25.3 Å². The second kappa shape index (κ2) is 4.30. The normalized spacial score (nSPS) is 19.3. The Bertz CT molecular complexity index is 636. The van der Waals surface area contributed by atoms with E-state index in [9.17, 15) is 4.79 Å². The first-order valence-electron chi connectivity index (χ1n) is 5.29. The molecule has 3 rings (SSSR count). The third kappa shape index (κ3) is 1.80. The summed E-state index contributed by atoms with van der Waals surface area (Å²) in [6, 6.07) is 0. The predicted molar refractivity (Wildman–Crippen MR) is 67.3 cm³/mol. The number of fused-ring (bicyclic) bond motifs is 1. The molecule has 0 saturated carbocycles. The summed E-state index contributed by atoms with van der Waals surface area (Å²) in [6.45, 7) is 0.667. The molecule has 0 bridgehead atoms. The van der Waals surface area contributed by atoms with Crippen LogP contribution in [0, 0.1) is 0 Å². The average molecular weight is 262 g/mol. The van der Waals surface area contributed by atoms with Gasteiger partial charge in [0.25, 0.3) is 5.91 Å². The molecule has 1 amide bonds. The molecular weight excluding hydrogens is 252 g/mol. The fourth-order valence-electron chi connectivity index (χ4n) is 1.79. The number of nitrogens with one attached hydrogen (secondary N) is 2. The second-order valence-corrected chi connectivity index (χ2v) is 4.99. The fraction of sp³-hybridized carbons (Fsp3) is 0.200. The highest BCUT2D eigenvalue weighted by molar-refractivity contribution is 8.04. The summed E-state index contributed by atoms with van der Waals surface area (Å²) in [5, 5.41) is 3.03. The van der Waals surface area contributed by atoms with Crippen LogP contribution in [-0.2, 0) is 4.79 Å². The van der Waals surface area contributed by atoms with Gasteiger partial charge in [-0.2, -0.15) is 0 Å². The number of carbonyl (C=O) groups is 1. The minimum absolute atomic E-state index is 0.00806. The molecular formula is C10H10N6OS. The van der Waals surface area contributed by atoms with Crippen LogP contribution in [0.15, 0.2) is 23.8 Å². The Kier molecular flexibility index (Phi) is 2.63. The van der Waals surface area contributed by atoms with E-state index in [1.165, 1.54) is 18.1 Å². The molecule has 0 spiro atoms. The lowest BCUT2D eigenvalue weighted by Crippen LogP contribution is -2.25. The van der Waals surface area contributed by atoms with Gasteiger partial charge in [-0.3, -0.25) is 4.79 Å². The molecule has 1 aliphatic heterocycles. The quantitative estimate of drug-likeness (QED) is 0.706. The van der Waals surface area contributed by atoms with E-state index in [0.29, 0.717) is 17.1 Å². The number of imidazole rings is 1. The summed E-state index contributed by atoms with van der Waals surface area (Å²) in [5.74, 6) is -0.440. The number of nitrogens with two attached hydrogens (primary N) is 1. The first-order chi connectivity index (χ1) is 8.75. The van der Waals surface area contributed by atoms with Crippen molar-refractivity contribution in [1.29, 1.82) is 0 Å². The molecule has 1 unspecified atom stereocenters. The Hall–Kier alpha value is -2.09. The molecule has 18 heavy (non-hydrogen) atoms. The maximum absolute atomic E-state index is 11.2. The van der Waals surface area contributed by atoms with Crippen molar-refractivity contribution in [2.24, 2.45) is 5.73 Å². The van der Waals surface area contributed by atoms with Crippen molar-refractivity contribution in [3.05, 3.63) is 29.5 Å². The highest BCUT2D eigenvalue weighted by Crippen LogP contribution is 2.36. The summed E-state index contributed by atoms with van der Waals surface area (Å²) in [6.07, 6.45) is 4.69. The van der Waals surface area contributed by atoms with Gasteiger partial charge in [-0.15, -0.1) is 11.8 Å². The largest absolute Gasteiger partial charge is 0.388 e. The second-order valence-electron chi connectivity index (χ2n) is 3.75. The van der Waals surface area contributed by atoms with Gasteiger partial charge in [0, 0.05) is 12.7 Å². The van der Waals surface area contributed by atoms with Crippen LogP contribution in [0.4, 0.5) is 0 Å². The van der Waals surface area contributed by atoms with Gasteiger partial charge in [-0.05, 0) is 0 Å². The number of H-pyrrole nitrogens is 1. The minimum atomic E-state index is -0.440. The van der Waals surface area contributed by atoms with E-state index in [4.69, 9.17) is 5.73 Å². The topological polar surface area (TPSA) is 110 Å². The molecule has 0 saturated heterocycles. The molecule has 0 fully saturated rings. The van der Waals surface area contributed by atoms with Crippen LogP contribution in [-0.4, -0.2) is 32.4 Å². The van der Waals surface area contributed by atoms with Gasteiger partial charge in [0.15, 0.2) is 5.65 Å². The third-order valence-corrected chi connectivity index (χ3v) is 3.85. The molecule has 7 nitrogen and oxygen atoms in total. The van der Waals surface area contributed by atoms with Gasteiger partial charge in [0.05, 0.1) is 22.2 Å². The summed E-state index contributed by atoms with van der Waals surface area (Å²) in [5.41, 5.74) is 7.49. The Morgan fingerprint density at radius 1 is 1.44 bits per heavy atom. The van der Waals surface area contributed by atoms with Crippen molar-refractivity contribution in [2.75, 3.05) is 6.54 Å². The highest BCUT2D eigenvalue weighted by Gasteiger charge is 2.24. The number of aromatic amines is 1. The van der Waals surface area contributed by atoms with Crippen LogP contribution < -0.4 is 11.1 Å². The Labute approximate surface area is 106 Å². The van der Waals surface area contributed by atoms with Crippen LogP contribution >= 0.6 is 11.8 Å². The first-order valence-corrected chi connectivity index (χ1v) is 6.17. The lowest BCUT2D eigenvalue weighted by molar-refractivity contribution is -0.113. The predicted octanol–water partition coefficient (Wildman–Crippen LogP) is 0.0571. The van der Waals surface area contributed by atoms with Crippen LogP contribution in [0.25, 0.3) is 11.2 Å². The molecule has 0 aromatic carbocycles. The number of hydrogen-bond acceptors (Lipinski definition) is 6. The third-order valence-electron chi connectivity index (χ3n) is 2.60. The number of carbonyl (C=O) groups excluding carboxylic acids is 1. The average Bonchev–Trinajstić information content (AvgIpc) is 2.87. The molecule has 8 heteroatoms. The molecule has 92 valence electrons. The number of thioether (sulfide) groups is 1. The number of primary amides is 1. The van der Waals surface area contributed by atoms with Crippen LogP contribution in [0.3, 0.4) is 0 Å². The Morgan fingerprint density at radius 2 is 2.33 bits per heavy atom. The highest BCUT2D eigenvalue weighted by atomic mass is 32.2. The summed E-state index contributed by atoms with van der Waals surface area (Å²) >= 11 is 1.39. The lowest BCUT2D eigenvalue weighted by atomic mass is 10.2. The van der Waals surface area contributed by atoms with Crippen LogP contribution in [0.5, 0.6) is 0 Å². The molecule has 2 aromatic rings. The van der Waals surface area contributed by atoms with Crippen molar-refractivity contribution < 1.29 is 4.79 Å². The molecule has 4 N–H and O–H groups in total. The molecule has 3 heterocycles.